The third kappa shape index (κ3) is 2.94. The highest BCUT2D eigenvalue weighted by Gasteiger charge is 2.56. The molecule has 2 fully saturated rings. The van der Waals surface area contributed by atoms with Gasteiger partial charge >= 0.3 is 0 Å². The number of hydrogen-bond acceptors (Lipinski definition) is 3. The van der Waals surface area contributed by atoms with Crippen LogP contribution in [0.25, 0.3) is 0 Å². The summed E-state index contributed by atoms with van der Waals surface area (Å²) in [5, 5.41) is 3.13. The third-order valence-corrected chi connectivity index (χ3v) is 7.24. The maximum Gasteiger partial charge on any atom is 0.248 e. The smallest absolute Gasteiger partial charge is 0.248 e. The molecule has 0 radical (unpaired) electrons. The maximum atomic E-state index is 13.2. The third-order valence-electron chi connectivity index (χ3n) is 5.64. The van der Waals surface area contributed by atoms with Gasteiger partial charge in [-0.15, -0.1) is 11.8 Å². The van der Waals surface area contributed by atoms with Gasteiger partial charge in [0.25, 0.3) is 0 Å². The van der Waals surface area contributed by atoms with E-state index < -0.39 is 10.9 Å². The molecule has 2 amide bonds. The van der Waals surface area contributed by atoms with Crippen molar-refractivity contribution in [3.8, 4) is 0 Å². The topological polar surface area (TPSA) is 49.4 Å². The average molecular weight is 381 g/mol. The number of aryl methyl sites for hydroxylation is 2. The summed E-state index contributed by atoms with van der Waals surface area (Å²) >= 11 is 1.72. The van der Waals surface area contributed by atoms with E-state index in [0.29, 0.717) is 12.2 Å². The van der Waals surface area contributed by atoms with E-state index in [0.717, 1.165) is 35.2 Å². The molecule has 0 saturated carbocycles. The van der Waals surface area contributed by atoms with Crippen molar-refractivity contribution in [2.45, 2.75) is 44.0 Å². The highest BCUT2D eigenvalue weighted by molar-refractivity contribution is 8.00. The molecule has 2 aliphatic rings. The van der Waals surface area contributed by atoms with Gasteiger partial charge in [-0.3, -0.25) is 9.59 Å². The molecule has 0 aromatic heterocycles. The van der Waals surface area contributed by atoms with Gasteiger partial charge in [-0.2, -0.15) is 0 Å². The SMILES string of the molecule is CCc1cccc(C)c1NC(=O)[C@@H]1CS[C@@]2(c3ccccc3)CCC(=O)N12. The van der Waals surface area contributed by atoms with Gasteiger partial charge in [-0.25, -0.2) is 0 Å². The van der Waals surface area contributed by atoms with E-state index in [4.69, 9.17) is 0 Å². The molecule has 0 unspecified atom stereocenters. The zero-order valence-corrected chi connectivity index (χ0v) is 16.5. The number of nitrogens with one attached hydrogen (secondary N) is 1. The number of rotatable bonds is 4. The van der Waals surface area contributed by atoms with Crippen LogP contribution in [0, 0.1) is 6.92 Å². The van der Waals surface area contributed by atoms with Crippen molar-refractivity contribution in [2.75, 3.05) is 11.1 Å². The fraction of sp³-hybridized carbons (Fsp3) is 0.364. The molecule has 0 bridgehead atoms. The van der Waals surface area contributed by atoms with Crippen LogP contribution in [0.4, 0.5) is 5.69 Å². The van der Waals surface area contributed by atoms with Crippen LogP contribution in [-0.2, 0) is 20.9 Å². The van der Waals surface area contributed by atoms with E-state index in [1.54, 1.807) is 11.8 Å². The zero-order chi connectivity index (χ0) is 19.0. The summed E-state index contributed by atoms with van der Waals surface area (Å²) in [6, 6.07) is 15.7. The molecule has 27 heavy (non-hydrogen) atoms. The van der Waals surface area contributed by atoms with Gasteiger partial charge in [0.15, 0.2) is 0 Å². The Bertz CT molecular complexity index is 883. The summed E-state index contributed by atoms with van der Waals surface area (Å²) in [5.41, 5.74) is 4.17. The summed E-state index contributed by atoms with van der Waals surface area (Å²) in [6.07, 6.45) is 2.11. The Morgan fingerprint density at radius 2 is 2.00 bits per heavy atom. The lowest BCUT2D eigenvalue weighted by atomic mass is 10.0. The normalized spacial score (nSPS) is 24.1. The molecule has 1 N–H and O–H groups in total. The molecule has 2 aromatic rings. The maximum absolute atomic E-state index is 13.2. The molecule has 2 aliphatic heterocycles. The lowest BCUT2D eigenvalue weighted by Gasteiger charge is -2.34. The molecule has 140 valence electrons. The monoisotopic (exact) mass is 380 g/mol. The lowest BCUT2D eigenvalue weighted by molar-refractivity contribution is -0.136. The molecular formula is C22H24N2O2S. The first-order valence-corrected chi connectivity index (χ1v) is 10.5. The highest BCUT2D eigenvalue weighted by atomic mass is 32.2. The lowest BCUT2D eigenvalue weighted by Crippen LogP contribution is -2.48. The first kappa shape index (κ1) is 18.1. The van der Waals surface area contributed by atoms with Crippen molar-refractivity contribution in [1.82, 2.24) is 4.90 Å². The fourth-order valence-electron chi connectivity index (χ4n) is 4.24. The highest BCUT2D eigenvalue weighted by Crippen LogP contribution is 2.54. The number of anilines is 1. The van der Waals surface area contributed by atoms with Crippen LogP contribution in [0.3, 0.4) is 0 Å². The molecule has 0 aliphatic carbocycles. The van der Waals surface area contributed by atoms with Gasteiger partial charge in [0.2, 0.25) is 11.8 Å². The Kier molecular flexibility index (Phi) is 4.72. The van der Waals surface area contributed by atoms with Crippen LogP contribution < -0.4 is 5.32 Å². The van der Waals surface area contributed by atoms with Crippen LogP contribution in [0.5, 0.6) is 0 Å². The number of benzene rings is 2. The van der Waals surface area contributed by atoms with Gasteiger partial charge in [0.05, 0.1) is 0 Å². The summed E-state index contributed by atoms with van der Waals surface area (Å²) in [5.74, 6) is 0.615. The van der Waals surface area contributed by atoms with E-state index in [9.17, 15) is 9.59 Å². The Morgan fingerprint density at radius 3 is 2.74 bits per heavy atom. The summed E-state index contributed by atoms with van der Waals surface area (Å²) in [6.45, 7) is 4.09. The minimum Gasteiger partial charge on any atom is -0.324 e. The number of carbonyl (C=O) groups is 2. The predicted octanol–water partition coefficient (Wildman–Crippen LogP) is 4.09. The second-order valence-corrected chi connectivity index (χ2v) is 8.49. The van der Waals surface area contributed by atoms with Crippen molar-refractivity contribution in [2.24, 2.45) is 0 Å². The summed E-state index contributed by atoms with van der Waals surface area (Å²) in [4.78, 5) is 27.3. The Morgan fingerprint density at radius 1 is 1.22 bits per heavy atom. The Labute approximate surface area is 164 Å². The van der Waals surface area contributed by atoms with E-state index in [1.807, 2.05) is 48.2 Å². The second kappa shape index (κ2) is 7.04. The fourth-order valence-corrected chi connectivity index (χ4v) is 5.90. The van der Waals surface area contributed by atoms with E-state index >= 15 is 0 Å². The molecule has 0 spiro atoms. The van der Waals surface area contributed by atoms with Crippen molar-refractivity contribution in [1.29, 1.82) is 0 Å². The predicted molar refractivity (Wildman–Crippen MR) is 110 cm³/mol. The van der Waals surface area contributed by atoms with Crippen molar-refractivity contribution in [3.05, 3.63) is 65.2 Å². The average Bonchev–Trinajstić information content (AvgIpc) is 3.23. The van der Waals surface area contributed by atoms with E-state index in [2.05, 4.69) is 24.4 Å². The van der Waals surface area contributed by atoms with E-state index in [-0.39, 0.29) is 11.8 Å². The van der Waals surface area contributed by atoms with E-state index in [1.165, 1.54) is 0 Å². The number of fused-ring (bicyclic) bond motifs is 1. The van der Waals surface area contributed by atoms with Crippen LogP contribution in [0.15, 0.2) is 48.5 Å². The number of carbonyl (C=O) groups excluding carboxylic acids is 2. The zero-order valence-electron chi connectivity index (χ0n) is 15.7. The van der Waals surface area contributed by atoms with Gasteiger partial charge < -0.3 is 10.2 Å². The molecule has 4 nitrogen and oxygen atoms in total. The van der Waals surface area contributed by atoms with Crippen molar-refractivity contribution in [3.63, 3.8) is 0 Å². The number of nitrogens with zero attached hydrogens (tertiary/aromatic N) is 1. The number of hydrogen-bond donors (Lipinski definition) is 1. The number of para-hydroxylation sites is 1. The van der Waals surface area contributed by atoms with Crippen LogP contribution in [0.1, 0.15) is 36.5 Å². The van der Waals surface area contributed by atoms with Crippen molar-refractivity contribution < 1.29 is 9.59 Å². The van der Waals surface area contributed by atoms with Gasteiger partial charge in [-0.1, -0.05) is 55.5 Å². The van der Waals surface area contributed by atoms with Crippen LogP contribution in [-0.4, -0.2) is 28.5 Å². The molecule has 2 aromatic carbocycles. The number of amides is 2. The quantitative estimate of drug-likeness (QED) is 0.869. The Balaban J connectivity index is 1.64. The second-order valence-electron chi connectivity index (χ2n) is 7.19. The Hall–Kier alpha value is -2.27. The molecule has 2 heterocycles. The summed E-state index contributed by atoms with van der Waals surface area (Å²) < 4.78 is 0. The largest absolute Gasteiger partial charge is 0.324 e. The molecule has 4 rings (SSSR count). The van der Waals surface area contributed by atoms with Crippen LogP contribution >= 0.6 is 11.8 Å². The molecule has 2 atom stereocenters. The molecule has 5 heteroatoms. The van der Waals surface area contributed by atoms with Gasteiger partial charge in [-0.05, 0) is 36.5 Å². The van der Waals surface area contributed by atoms with Crippen molar-refractivity contribution >= 4 is 29.3 Å². The standard InChI is InChI=1S/C22H24N2O2S/c1-3-16-9-7-8-15(2)20(16)23-21(26)18-14-27-22(13-12-19(25)24(18)22)17-10-5-4-6-11-17/h4-11,18H,3,12-14H2,1-2H3,(H,23,26)/t18-,22+/m0/s1. The summed E-state index contributed by atoms with van der Waals surface area (Å²) in [7, 11) is 0. The van der Waals surface area contributed by atoms with Crippen LogP contribution in [0.2, 0.25) is 0 Å². The van der Waals surface area contributed by atoms with Gasteiger partial charge in [0.1, 0.15) is 10.9 Å². The first-order chi connectivity index (χ1) is 13.1. The minimum atomic E-state index is -0.436. The first-order valence-electron chi connectivity index (χ1n) is 9.48. The number of thioether (sulfide) groups is 1. The molecular weight excluding hydrogens is 356 g/mol. The minimum absolute atomic E-state index is 0.0736. The van der Waals surface area contributed by atoms with Gasteiger partial charge in [0, 0.05) is 17.9 Å². The molecule has 2 saturated heterocycles.